The van der Waals surface area contributed by atoms with E-state index in [0.29, 0.717) is 16.6 Å². The fourth-order valence-electron chi connectivity index (χ4n) is 2.22. The lowest BCUT2D eigenvalue weighted by Gasteiger charge is -2.37. The predicted octanol–water partition coefficient (Wildman–Crippen LogP) is 3.34. The van der Waals surface area contributed by atoms with Gasteiger partial charge in [-0.05, 0) is 43.9 Å². The summed E-state index contributed by atoms with van der Waals surface area (Å²) >= 11 is 5.99. The Morgan fingerprint density at radius 3 is 2.59 bits per heavy atom. The van der Waals surface area contributed by atoms with E-state index in [1.54, 1.807) is 0 Å². The highest BCUT2D eigenvalue weighted by atomic mass is 35.5. The highest BCUT2D eigenvalue weighted by Crippen LogP contribution is 2.33. The molecule has 0 atom stereocenters. The lowest BCUT2D eigenvalue weighted by molar-refractivity contribution is 0.0696. The maximum atomic E-state index is 11.1. The van der Waals surface area contributed by atoms with Crippen molar-refractivity contribution in [2.75, 3.05) is 11.9 Å². The molecule has 92 valence electrons. The van der Waals surface area contributed by atoms with Crippen LogP contribution in [0.1, 0.15) is 35.2 Å². The van der Waals surface area contributed by atoms with Crippen molar-refractivity contribution < 1.29 is 9.90 Å². The summed E-state index contributed by atoms with van der Waals surface area (Å²) < 4.78 is 0. The summed E-state index contributed by atoms with van der Waals surface area (Å²) in [6, 6.07) is 3.88. The summed E-state index contributed by atoms with van der Waals surface area (Å²) in [5.41, 5.74) is 2.01. The van der Waals surface area contributed by atoms with Crippen molar-refractivity contribution >= 4 is 23.3 Å². The first-order chi connectivity index (χ1) is 8.00. The van der Waals surface area contributed by atoms with Crippen molar-refractivity contribution in [2.45, 2.75) is 32.2 Å². The summed E-state index contributed by atoms with van der Waals surface area (Å²) in [5.74, 6) is -0.923. The molecule has 1 aliphatic rings. The van der Waals surface area contributed by atoms with Crippen LogP contribution in [0.15, 0.2) is 12.1 Å². The topological polar surface area (TPSA) is 40.5 Å². The second kappa shape index (κ2) is 4.57. The van der Waals surface area contributed by atoms with Gasteiger partial charge in [-0.2, -0.15) is 0 Å². The standard InChI is InChI=1S/C13H16ClNO2/c1-8-11(13(16)17)6-9(14)7-12(8)15(2)10-4-3-5-10/h6-7,10H,3-5H2,1-2H3,(H,16,17). The SMILES string of the molecule is Cc1c(C(=O)O)cc(Cl)cc1N(C)C1CCC1. The van der Waals surface area contributed by atoms with Crippen LogP contribution in [0.5, 0.6) is 0 Å². The van der Waals surface area contributed by atoms with Crippen LogP contribution in [-0.4, -0.2) is 24.2 Å². The third-order valence-corrected chi connectivity index (χ3v) is 3.80. The van der Waals surface area contributed by atoms with E-state index in [4.69, 9.17) is 16.7 Å². The molecule has 1 fully saturated rings. The summed E-state index contributed by atoms with van der Waals surface area (Å²) in [7, 11) is 2.01. The highest BCUT2D eigenvalue weighted by Gasteiger charge is 2.24. The van der Waals surface area contributed by atoms with E-state index in [1.165, 1.54) is 25.3 Å². The summed E-state index contributed by atoms with van der Waals surface area (Å²) in [4.78, 5) is 13.3. The molecule has 0 amide bonds. The molecule has 1 aromatic carbocycles. The maximum absolute atomic E-state index is 11.1. The Balaban J connectivity index is 2.41. The van der Waals surface area contributed by atoms with E-state index >= 15 is 0 Å². The average molecular weight is 254 g/mol. The van der Waals surface area contributed by atoms with Gasteiger partial charge in [0.1, 0.15) is 0 Å². The summed E-state index contributed by atoms with van der Waals surface area (Å²) in [6.07, 6.45) is 3.59. The van der Waals surface area contributed by atoms with E-state index in [2.05, 4.69) is 4.90 Å². The first-order valence-corrected chi connectivity index (χ1v) is 6.14. The lowest BCUT2D eigenvalue weighted by atomic mass is 9.91. The first-order valence-electron chi connectivity index (χ1n) is 5.77. The van der Waals surface area contributed by atoms with Gasteiger partial charge in [0.2, 0.25) is 0 Å². The highest BCUT2D eigenvalue weighted by molar-refractivity contribution is 6.31. The number of carboxylic acid groups (broad SMARTS) is 1. The quantitative estimate of drug-likeness (QED) is 0.898. The minimum Gasteiger partial charge on any atom is -0.478 e. The third-order valence-electron chi connectivity index (χ3n) is 3.58. The Morgan fingerprint density at radius 2 is 2.12 bits per heavy atom. The number of nitrogens with zero attached hydrogens (tertiary/aromatic N) is 1. The molecular formula is C13H16ClNO2. The van der Waals surface area contributed by atoms with Crippen LogP contribution in [0.25, 0.3) is 0 Å². The Morgan fingerprint density at radius 1 is 1.47 bits per heavy atom. The molecule has 1 aromatic rings. The van der Waals surface area contributed by atoms with Crippen molar-refractivity contribution in [3.63, 3.8) is 0 Å². The minimum atomic E-state index is -0.923. The molecule has 0 unspecified atom stereocenters. The van der Waals surface area contributed by atoms with E-state index in [9.17, 15) is 4.79 Å². The third kappa shape index (κ3) is 2.25. The molecule has 0 aliphatic heterocycles. The van der Waals surface area contributed by atoms with Crippen molar-refractivity contribution in [2.24, 2.45) is 0 Å². The van der Waals surface area contributed by atoms with Crippen LogP contribution in [0.2, 0.25) is 5.02 Å². The molecule has 0 bridgehead atoms. The molecule has 0 heterocycles. The van der Waals surface area contributed by atoms with Gasteiger partial charge >= 0.3 is 5.97 Å². The molecular weight excluding hydrogens is 238 g/mol. The molecule has 0 spiro atoms. The average Bonchev–Trinajstić information content (AvgIpc) is 2.17. The van der Waals surface area contributed by atoms with Gasteiger partial charge < -0.3 is 10.0 Å². The predicted molar refractivity (Wildman–Crippen MR) is 69.2 cm³/mol. The number of benzene rings is 1. The van der Waals surface area contributed by atoms with Crippen molar-refractivity contribution in [1.82, 2.24) is 0 Å². The van der Waals surface area contributed by atoms with E-state index in [0.717, 1.165) is 11.3 Å². The second-order valence-electron chi connectivity index (χ2n) is 4.60. The van der Waals surface area contributed by atoms with Crippen LogP contribution >= 0.6 is 11.6 Å². The molecule has 0 saturated heterocycles. The lowest BCUT2D eigenvalue weighted by Crippen LogP contribution is -2.37. The number of aromatic carboxylic acids is 1. The van der Waals surface area contributed by atoms with Crippen LogP contribution in [0.3, 0.4) is 0 Å². The van der Waals surface area contributed by atoms with Crippen LogP contribution in [-0.2, 0) is 0 Å². The van der Waals surface area contributed by atoms with Crippen molar-refractivity contribution in [1.29, 1.82) is 0 Å². The summed E-state index contributed by atoms with van der Waals surface area (Å²) in [6.45, 7) is 1.84. The molecule has 0 radical (unpaired) electrons. The van der Waals surface area contributed by atoms with Gasteiger partial charge in [0, 0.05) is 23.8 Å². The first kappa shape index (κ1) is 12.2. The largest absolute Gasteiger partial charge is 0.478 e. The van der Waals surface area contributed by atoms with Crippen LogP contribution < -0.4 is 4.90 Å². The van der Waals surface area contributed by atoms with Gasteiger partial charge in [-0.25, -0.2) is 4.79 Å². The molecule has 2 rings (SSSR count). The van der Waals surface area contributed by atoms with E-state index in [-0.39, 0.29) is 0 Å². The Bertz CT molecular complexity index is 455. The number of hydrogen-bond acceptors (Lipinski definition) is 2. The molecule has 1 aliphatic carbocycles. The summed E-state index contributed by atoms with van der Waals surface area (Å²) in [5, 5.41) is 9.61. The number of anilines is 1. The van der Waals surface area contributed by atoms with Crippen LogP contribution in [0.4, 0.5) is 5.69 Å². The van der Waals surface area contributed by atoms with Gasteiger partial charge in [-0.3, -0.25) is 0 Å². The fraction of sp³-hybridized carbons (Fsp3) is 0.462. The van der Waals surface area contributed by atoms with Gasteiger partial charge in [-0.15, -0.1) is 0 Å². The minimum absolute atomic E-state index is 0.290. The number of rotatable bonds is 3. The number of carboxylic acids is 1. The number of hydrogen-bond donors (Lipinski definition) is 1. The van der Waals surface area contributed by atoms with Crippen molar-refractivity contribution in [3.05, 3.63) is 28.3 Å². The van der Waals surface area contributed by atoms with E-state index < -0.39 is 5.97 Å². The zero-order chi connectivity index (χ0) is 12.6. The van der Waals surface area contributed by atoms with Gasteiger partial charge in [-0.1, -0.05) is 11.6 Å². The second-order valence-corrected chi connectivity index (χ2v) is 5.03. The maximum Gasteiger partial charge on any atom is 0.336 e. The normalized spacial score (nSPS) is 15.5. The molecule has 17 heavy (non-hydrogen) atoms. The molecule has 3 nitrogen and oxygen atoms in total. The van der Waals surface area contributed by atoms with E-state index in [1.807, 2.05) is 20.0 Å². The number of halogens is 1. The Labute approximate surface area is 106 Å². The van der Waals surface area contributed by atoms with Crippen molar-refractivity contribution in [3.8, 4) is 0 Å². The van der Waals surface area contributed by atoms with Gasteiger partial charge in [0.15, 0.2) is 0 Å². The zero-order valence-corrected chi connectivity index (χ0v) is 10.8. The van der Waals surface area contributed by atoms with Gasteiger partial charge in [0.25, 0.3) is 0 Å². The molecule has 1 N–H and O–H groups in total. The molecule has 4 heteroatoms. The molecule has 1 saturated carbocycles. The Hall–Kier alpha value is -1.22. The monoisotopic (exact) mass is 253 g/mol. The molecule has 0 aromatic heterocycles. The zero-order valence-electron chi connectivity index (χ0n) is 10.0. The van der Waals surface area contributed by atoms with Gasteiger partial charge in [0.05, 0.1) is 5.56 Å². The number of carbonyl (C=O) groups is 1. The fourth-order valence-corrected chi connectivity index (χ4v) is 2.44. The Kier molecular flexibility index (Phi) is 3.29. The smallest absolute Gasteiger partial charge is 0.336 e. The van der Waals surface area contributed by atoms with Crippen LogP contribution in [0, 0.1) is 6.92 Å².